The van der Waals surface area contributed by atoms with Gasteiger partial charge < -0.3 is 9.84 Å². The Balaban J connectivity index is 2.35. The number of aliphatic carboxylic acids is 1. The van der Waals surface area contributed by atoms with Crippen LogP contribution in [-0.2, 0) is 4.79 Å². The molecule has 1 atom stereocenters. The summed E-state index contributed by atoms with van der Waals surface area (Å²) in [6.45, 7) is 5.27. The van der Waals surface area contributed by atoms with E-state index in [9.17, 15) is 19.1 Å². The van der Waals surface area contributed by atoms with Gasteiger partial charge in [0.15, 0.2) is 11.6 Å². The molecule has 0 aliphatic rings. The van der Waals surface area contributed by atoms with Crippen molar-refractivity contribution < 1.29 is 23.8 Å². The van der Waals surface area contributed by atoms with Crippen molar-refractivity contribution in [3.63, 3.8) is 0 Å². The van der Waals surface area contributed by atoms with E-state index in [4.69, 9.17) is 16.3 Å². The van der Waals surface area contributed by atoms with Crippen LogP contribution < -0.4 is 4.74 Å². The van der Waals surface area contributed by atoms with Crippen LogP contribution in [0.3, 0.4) is 0 Å². The second-order valence-electron chi connectivity index (χ2n) is 6.57. The number of carboxylic acid groups (broad SMARTS) is 1. The van der Waals surface area contributed by atoms with Gasteiger partial charge in [-0.1, -0.05) is 17.7 Å². The summed E-state index contributed by atoms with van der Waals surface area (Å²) in [6, 6.07) is 8.90. The van der Waals surface area contributed by atoms with Crippen LogP contribution in [0.15, 0.2) is 49.1 Å². The number of carboxylic acids is 1. The number of carbonyl (C=O) groups is 2. The fraction of sp³-hybridized carbons (Fsp3) is 0.182. The van der Waals surface area contributed by atoms with Gasteiger partial charge in [-0.25, -0.2) is 4.39 Å². The Labute approximate surface area is 172 Å². The Morgan fingerprint density at radius 1 is 1.31 bits per heavy atom. The fourth-order valence-electron chi connectivity index (χ4n) is 3.53. The number of aromatic nitrogens is 1. The van der Waals surface area contributed by atoms with E-state index in [2.05, 4.69) is 6.58 Å². The molecule has 3 aromatic rings. The van der Waals surface area contributed by atoms with Crippen LogP contribution in [-0.4, -0.2) is 28.7 Å². The first kappa shape index (κ1) is 20.6. The van der Waals surface area contributed by atoms with E-state index in [0.717, 1.165) is 0 Å². The third-order valence-corrected chi connectivity index (χ3v) is 5.12. The highest BCUT2D eigenvalue weighted by atomic mass is 35.5. The van der Waals surface area contributed by atoms with Gasteiger partial charge in [-0.05, 0) is 49.2 Å². The molecule has 150 valence electrons. The minimum Gasteiger partial charge on any atom is -0.494 e. The molecule has 1 N–H and O–H groups in total. The molecular weight excluding hydrogens is 397 g/mol. The first-order chi connectivity index (χ1) is 13.8. The quantitative estimate of drug-likeness (QED) is 0.563. The minimum atomic E-state index is -1.06. The van der Waals surface area contributed by atoms with Crippen LogP contribution in [0, 0.1) is 12.7 Å². The number of halogens is 2. The molecule has 0 saturated heterocycles. The van der Waals surface area contributed by atoms with Crippen LogP contribution >= 0.6 is 11.6 Å². The number of methoxy groups -OCH3 is 1. The lowest BCUT2D eigenvalue weighted by atomic mass is 9.93. The molecule has 0 aliphatic carbocycles. The predicted octanol–water partition coefficient (Wildman–Crippen LogP) is 5.18. The summed E-state index contributed by atoms with van der Waals surface area (Å²) in [5.41, 5.74) is 1.45. The third kappa shape index (κ3) is 3.63. The van der Waals surface area contributed by atoms with Gasteiger partial charge >= 0.3 is 5.97 Å². The number of hydrogen-bond donors (Lipinski definition) is 1. The molecule has 0 spiro atoms. The second-order valence-corrected chi connectivity index (χ2v) is 7.00. The Bertz CT molecular complexity index is 1120. The van der Waals surface area contributed by atoms with Crippen molar-refractivity contribution in [3.05, 3.63) is 76.7 Å². The van der Waals surface area contributed by atoms with Crippen molar-refractivity contribution in [1.29, 1.82) is 0 Å². The molecule has 1 unspecified atom stereocenters. The van der Waals surface area contributed by atoms with Crippen molar-refractivity contribution >= 4 is 34.4 Å². The lowest BCUT2D eigenvalue weighted by Gasteiger charge is -2.12. The Hall–Kier alpha value is -3.12. The highest BCUT2D eigenvalue weighted by molar-refractivity contribution is 6.30. The molecule has 29 heavy (non-hydrogen) atoms. The van der Waals surface area contributed by atoms with Crippen LogP contribution in [0.5, 0.6) is 5.75 Å². The topological polar surface area (TPSA) is 68.5 Å². The van der Waals surface area contributed by atoms with Crippen molar-refractivity contribution in [1.82, 2.24) is 4.57 Å². The van der Waals surface area contributed by atoms with Gasteiger partial charge in [0.05, 0.1) is 18.5 Å². The third-order valence-electron chi connectivity index (χ3n) is 4.87. The number of nitrogens with zero attached hydrogens (tertiary/aromatic N) is 1. The maximum absolute atomic E-state index is 14.5. The van der Waals surface area contributed by atoms with Crippen LogP contribution in [0.1, 0.15) is 34.0 Å². The van der Waals surface area contributed by atoms with Crippen molar-refractivity contribution in [2.75, 3.05) is 7.11 Å². The summed E-state index contributed by atoms with van der Waals surface area (Å²) >= 11 is 5.90. The molecule has 0 amide bonds. The number of rotatable bonds is 6. The van der Waals surface area contributed by atoms with E-state index in [1.54, 1.807) is 31.2 Å². The average molecular weight is 416 g/mol. The molecule has 0 radical (unpaired) electrons. The van der Waals surface area contributed by atoms with Crippen LogP contribution in [0.25, 0.3) is 10.9 Å². The van der Waals surface area contributed by atoms with E-state index in [0.29, 0.717) is 27.2 Å². The molecule has 0 aliphatic heterocycles. The summed E-state index contributed by atoms with van der Waals surface area (Å²) in [6.07, 6.45) is 1.66. The molecule has 0 bridgehead atoms. The summed E-state index contributed by atoms with van der Waals surface area (Å²) < 4.78 is 20.9. The van der Waals surface area contributed by atoms with E-state index >= 15 is 0 Å². The summed E-state index contributed by atoms with van der Waals surface area (Å²) in [4.78, 5) is 25.2. The van der Waals surface area contributed by atoms with Gasteiger partial charge in [0.2, 0.25) is 0 Å². The molecule has 2 aromatic carbocycles. The monoisotopic (exact) mass is 415 g/mol. The zero-order chi connectivity index (χ0) is 21.3. The maximum Gasteiger partial charge on any atom is 0.311 e. The molecule has 1 heterocycles. The summed E-state index contributed by atoms with van der Waals surface area (Å²) in [5.74, 6) is -3.09. The van der Waals surface area contributed by atoms with Gasteiger partial charge in [0.25, 0.3) is 5.91 Å². The van der Waals surface area contributed by atoms with Gasteiger partial charge in [-0.3, -0.25) is 14.2 Å². The van der Waals surface area contributed by atoms with Crippen molar-refractivity contribution in [2.24, 2.45) is 0 Å². The zero-order valence-electron chi connectivity index (χ0n) is 15.9. The summed E-state index contributed by atoms with van der Waals surface area (Å²) in [7, 11) is 1.32. The number of fused-ring (bicyclic) bond motifs is 1. The largest absolute Gasteiger partial charge is 0.494 e. The SMILES string of the molecule is C=CCC(C(=O)O)c1c(C)n(C(=O)c2ccc(Cl)cc2)c2cc(F)c(OC)cc12. The van der Waals surface area contributed by atoms with Gasteiger partial charge in [0.1, 0.15) is 0 Å². The first-order valence-electron chi connectivity index (χ1n) is 8.82. The van der Waals surface area contributed by atoms with E-state index in [1.165, 1.54) is 29.9 Å². The Kier molecular flexibility index (Phi) is 5.75. The molecule has 0 saturated carbocycles. The molecule has 7 heteroatoms. The van der Waals surface area contributed by atoms with E-state index in [-0.39, 0.29) is 17.7 Å². The molecule has 3 rings (SSSR count). The maximum atomic E-state index is 14.5. The Morgan fingerprint density at radius 3 is 2.52 bits per heavy atom. The first-order valence-corrected chi connectivity index (χ1v) is 9.20. The summed E-state index contributed by atoms with van der Waals surface area (Å²) in [5, 5.41) is 10.7. The number of ether oxygens (including phenoxy) is 1. The normalized spacial score (nSPS) is 12.0. The van der Waals surface area contributed by atoms with Gasteiger partial charge in [-0.2, -0.15) is 0 Å². The van der Waals surface area contributed by atoms with E-state index < -0.39 is 23.6 Å². The Morgan fingerprint density at radius 2 is 1.97 bits per heavy atom. The van der Waals surface area contributed by atoms with Crippen molar-refractivity contribution in [3.8, 4) is 5.75 Å². The number of hydrogen-bond acceptors (Lipinski definition) is 3. The minimum absolute atomic E-state index is 0.0300. The number of allylic oxidation sites excluding steroid dienone is 1. The highest BCUT2D eigenvalue weighted by Gasteiger charge is 2.29. The number of benzene rings is 2. The van der Waals surface area contributed by atoms with Crippen molar-refractivity contribution in [2.45, 2.75) is 19.3 Å². The van der Waals surface area contributed by atoms with Gasteiger partial charge in [-0.15, -0.1) is 6.58 Å². The molecule has 5 nitrogen and oxygen atoms in total. The lowest BCUT2D eigenvalue weighted by Crippen LogP contribution is -2.16. The molecule has 1 aromatic heterocycles. The fourth-order valence-corrected chi connectivity index (χ4v) is 3.65. The smallest absolute Gasteiger partial charge is 0.311 e. The van der Waals surface area contributed by atoms with Crippen LogP contribution in [0.4, 0.5) is 4.39 Å². The predicted molar refractivity (Wildman–Crippen MR) is 110 cm³/mol. The van der Waals surface area contributed by atoms with Gasteiger partial charge in [0, 0.05) is 27.7 Å². The zero-order valence-corrected chi connectivity index (χ0v) is 16.7. The molecular formula is C22H19ClFNO4. The average Bonchev–Trinajstić information content (AvgIpc) is 2.95. The molecule has 0 fully saturated rings. The second kappa shape index (κ2) is 8.09. The number of carbonyl (C=O) groups excluding carboxylic acids is 1. The van der Waals surface area contributed by atoms with Crippen LogP contribution in [0.2, 0.25) is 5.02 Å². The lowest BCUT2D eigenvalue weighted by molar-refractivity contribution is -0.138. The standard InChI is InChI=1S/C22H19ClFNO4/c1-4-5-15(22(27)28)20-12(2)25(21(26)13-6-8-14(23)9-7-13)18-11-17(24)19(29-3)10-16(18)20/h4,6-11,15H,1,5H2,2-3H3,(H,27,28). The van der Waals surface area contributed by atoms with E-state index in [1.807, 2.05) is 0 Å². The highest BCUT2D eigenvalue weighted by Crippen LogP contribution is 2.37.